The molecule has 1 aromatic heterocycles. The number of para-hydroxylation sites is 1. The number of likely N-dealkylation sites (N-methyl/N-ethyl adjacent to an activating group) is 1. The predicted molar refractivity (Wildman–Crippen MR) is 122 cm³/mol. The van der Waals surface area contributed by atoms with E-state index >= 15 is 0 Å². The third kappa shape index (κ3) is 4.81. The topological polar surface area (TPSA) is 70.6 Å². The molecule has 7 nitrogen and oxygen atoms in total. The maximum Gasteiger partial charge on any atom is 0.410 e. The van der Waals surface area contributed by atoms with Gasteiger partial charge in [-0.05, 0) is 84.5 Å². The van der Waals surface area contributed by atoms with Gasteiger partial charge in [-0.15, -0.1) is 0 Å². The lowest BCUT2D eigenvalue weighted by Gasteiger charge is -2.37. The molecule has 0 aliphatic carbocycles. The van der Waals surface area contributed by atoms with Gasteiger partial charge >= 0.3 is 11.8 Å². The SMILES string of the molecule is CN(CCCC1CCCCN1C(=O)OC(C)(C)C)[C@@H]1Cc2cccc3[nH]c(=O)n(c23)C1. The molecule has 31 heavy (non-hydrogen) atoms. The number of piperidine rings is 1. The lowest BCUT2D eigenvalue weighted by molar-refractivity contribution is 0.00828. The Morgan fingerprint density at radius 1 is 1.29 bits per heavy atom. The first-order valence-corrected chi connectivity index (χ1v) is 11.6. The van der Waals surface area contributed by atoms with Crippen molar-refractivity contribution in [2.45, 2.75) is 83.5 Å². The largest absolute Gasteiger partial charge is 0.444 e. The summed E-state index contributed by atoms with van der Waals surface area (Å²) in [7, 11) is 2.15. The Labute approximate surface area is 184 Å². The van der Waals surface area contributed by atoms with Crippen molar-refractivity contribution in [1.82, 2.24) is 19.4 Å². The molecule has 2 atom stereocenters. The van der Waals surface area contributed by atoms with E-state index in [2.05, 4.69) is 23.0 Å². The summed E-state index contributed by atoms with van der Waals surface area (Å²) < 4.78 is 7.53. The zero-order chi connectivity index (χ0) is 22.2. The smallest absolute Gasteiger partial charge is 0.410 e. The fourth-order valence-electron chi connectivity index (χ4n) is 5.08. The van der Waals surface area contributed by atoms with E-state index in [1.807, 2.05) is 42.4 Å². The molecule has 0 spiro atoms. The van der Waals surface area contributed by atoms with E-state index in [4.69, 9.17) is 4.74 Å². The van der Waals surface area contributed by atoms with Crippen molar-refractivity contribution in [3.8, 4) is 0 Å². The van der Waals surface area contributed by atoms with Gasteiger partial charge < -0.3 is 19.5 Å². The fraction of sp³-hybridized carbons (Fsp3) is 0.667. The Morgan fingerprint density at radius 3 is 2.87 bits per heavy atom. The lowest BCUT2D eigenvalue weighted by Crippen LogP contribution is -2.46. The first-order chi connectivity index (χ1) is 14.7. The first-order valence-electron chi connectivity index (χ1n) is 11.6. The molecular weight excluding hydrogens is 392 g/mol. The molecule has 4 rings (SSSR count). The second-order valence-corrected chi connectivity index (χ2v) is 10.2. The van der Waals surface area contributed by atoms with E-state index in [9.17, 15) is 9.59 Å². The van der Waals surface area contributed by atoms with Crippen LogP contribution in [0.5, 0.6) is 0 Å². The summed E-state index contributed by atoms with van der Waals surface area (Å²) in [5.74, 6) is 0. The van der Waals surface area contributed by atoms with E-state index in [0.717, 1.165) is 62.8 Å². The van der Waals surface area contributed by atoms with Crippen LogP contribution in [0.3, 0.4) is 0 Å². The van der Waals surface area contributed by atoms with Gasteiger partial charge in [0, 0.05) is 25.2 Å². The Morgan fingerprint density at radius 2 is 2.10 bits per heavy atom. The fourth-order valence-corrected chi connectivity index (χ4v) is 5.08. The number of ether oxygens (including phenoxy) is 1. The Bertz CT molecular complexity index is 987. The van der Waals surface area contributed by atoms with Crippen LogP contribution >= 0.6 is 0 Å². The predicted octanol–water partition coefficient (Wildman–Crippen LogP) is 3.76. The van der Waals surface area contributed by atoms with Crippen molar-refractivity contribution in [2.24, 2.45) is 0 Å². The number of hydrogen-bond donors (Lipinski definition) is 1. The Balaban J connectivity index is 1.33. The van der Waals surface area contributed by atoms with E-state index in [0.29, 0.717) is 6.04 Å². The number of benzene rings is 1. The van der Waals surface area contributed by atoms with Crippen molar-refractivity contribution in [1.29, 1.82) is 0 Å². The highest BCUT2D eigenvalue weighted by Gasteiger charge is 2.31. The van der Waals surface area contributed by atoms with Gasteiger partial charge in [-0.2, -0.15) is 0 Å². The van der Waals surface area contributed by atoms with Crippen LogP contribution in [0, 0.1) is 0 Å². The number of amides is 1. The Kier molecular flexibility index (Phi) is 6.15. The maximum atomic E-state index is 12.6. The molecule has 1 fully saturated rings. The van der Waals surface area contributed by atoms with Crippen molar-refractivity contribution in [3.63, 3.8) is 0 Å². The van der Waals surface area contributed by atoms with Gasteiger partial charge in [0.15, 0.2) is 0 Å². The number of hydrogen-bond acceptors (Lipinski definition) is 4. The number of aromatic amines is 1. The highest BCUT2D eigenvalue weighted by atomic mass is 16.6. The quantitative estimate of drug-likeness (QED) is 0.787. The summed E-state index contributed by atoms with van der Waals surface area (Å²) in [5.41, 5.74) is 2.76. The van der Waals surface area contributed by atoms with E-state index < -0.39 is 5.60 Å². The molecule has 0 saturated carbocycles. The van der Waals surface area contributed by atoms with Gasteiger partial charge in [0.05, 0.1) is 11.0 Å². The van der Waals surface area contributed by atoms with Crippen molar-refractivity contribution < 1.29 is 9.53 Å². The molecule has 1 unspecified atom stereocenters. The highest BCUT2D eigenvalue weighted by molar-refractivity contribution is 5.79. The summed E-state index contributed by atoms with van der Waals surface area (Å²) in [6.45, 7) is 8.23. The number of carbonyl (C=O) groups is 1. The normalized spacial score (nSPS) is 21.6. The monoisotopic (exact) mass is 428 g/mol. The molecule has 2 aliphatic rings. The highest BCUT2D eigenvalue weighted by Crippen LogP contribution is 2.26. The van der Waals surface area contributed by atoms with Gasteiger partial charge in [-0.25, -0.2) is 9.59 Å². The van der Waals surface area contributed by atoms with Crippen LogP contribution in [0.4, 0.5) is 4.79 Å². The average molecular weight is 429 g/mol. The van der Waals surface area contributed by atoms with Gasteiger partial charge in [-0.1, -0.05) is 12.1 Å². The molecule has 1 N–H and O–H groups in total. The minimum Gasteiger partial charge on any atom is -0.444 e. The maximum absolute atomic E-state index is 12.6. The van der Waals surface area contributed by atoms with Crippen LogP contribution in [0.1, 0.15) is 58.4 Å². The summed E-state index contributed by atoms with van der Waals surface area (Å²) in [6, 6.07) is 6.69. The molecule has 2 aromatic rings. The lowest BCUT2D eigenvalue weighted by atomic mass is 9.97. The summed E-state index contributed by atoms with van der Waals surface area (Å²) in [6.07, 6.45) is 6.07. The van der Waals surface area contributed by atoms with Crippen LogP contribution in [-0.4, -0.2) is 63.3 Å². The molecule has 0 radical (unpaired) electrons. The number of aromatic nitrogens is 2. The number of rotatable bonds is 5. The molecule has 2 aliphatic heterocycles. The molecular formula is C24H36N4O3. The van der Waals surface area contributed by atoms with E-state index in [-0.39, 0.29) is 17.8 Å². The molecule has 1 saturated heterocycles. The average Bonchev–Trinajstić information content (AvgIpc) is 3.04. The number of likely N-dealkylation sites (tertiary alicyclic amines) is 1. The Hall–Kier alpha value is -2.28. The van der Waals surface area contributed by atoms with Crippen LogP contribution in [-0.2, 0) is 17.7 Å². The number of H-pyrrole nitrogens is 1. The van der Waals surface area contributed by atoms with Crippen molar-refractivity contribution in [2.75, 3.05) is 20.1 Å². The molecule has 0 bridgehead atoms. The second kappa shape index (κ2) is 8.69. The number of nitrogens with zero attached hydrogens (tertiary/aromatic N) is 3. The van der Waals surface area contributed by atoms with E-state index in [1.54, 1.807) is 0 Å². The number of carbonyl (C=O) groups excluding carboxylic acids is 1. The molecule has 7 heteroatoms. The van der Waals surface area contributed by atoms with Crippen LogP contribution < -0.4 is 5.69 Å². The number of imidazole rings is 1. The summed E-state index contributed by atoms with van der Waals surface area (Å²) in [4.78, 5) is 32.3. The van der Waals surface area contributed by atoms with Crippen LogP contribution in [0.2, 0.25) is 0 Å². The molecule has 170 valence electrons. The second-order valence-electron chi connectivity index (χ2n) is 10.2. The summed E-state index contributed by atoms with van der Waals surface area (Å²) in [5, 5.41) is 0. The minimum atomic E-state index is -0.460. The zero-order valence-corrected chi connectivity index (χ0v) is 19.3. The van der Waals surface area contributed by atoms with Gasteiger partial charge in [0.1, 0.15) is 5.60 Å². The molecule has 1 aromatic carbocycles. The third-order valence-corrected chi connectivity index (χ3v) is 6.65. The molecule has 1 amide bonds. The molecule has 3 heterocycles. The summed E-state index contributed by atoms with van der Waals surface area (Å²) >= 11 is 0. The van der Waals surface area contributed by atoms with Crippen LogP contribution in [0.15, 0.2) is 23.0 Å². The van der Waals surface area contributed by atoms with Gasteiger partial charge in [0.2, 0.25) is 0 Å². The van der Waals surface area contributed by atoms with E-state index in [1.165, 1.54) is 12.0 Å². The van der Waals surface area contributed by atoms with Crippen LogP contribution in [0.25, 0.3) is 11.0 Å². The zero-order valence-electron chi connectivity index (χ0n) is 19.3. The van der Waals surface area contributed by atoms with Gasteiger partial charge in [-0.3, -0.25) is 4.57 Å². The van der Waals surface area contributed by atoms with Crippen molar-refractivity contribution in [3.05, 3.63) is 34.2 Å². The first kappa shape index (κ1) is 21.9. The standard InChI is InChI=1S/C24H36N4O3/c1-24(2,3)31-23(30)27-14-6-5-10-18(27)11-8-13-26(4)19-15-17-9-7-12-20-21(17)28(16-19)22(29)25-20/h7,9,12,18-19H,5-6,8,10-11,13-16H2,1-4H3,(H,25,29)/t18?,19-/m1/s1. The van der Waals surface area contributed by atoms with Crippen molar-refractivity contribution >= 4 is 17.1 Å². The minimum absolute atomic E-state index is 0.0178. The van der Waals surface area contributed by atoms with Gasteiger partial charge in [0.25, 0.3) is 0 Å². The third-order valence-electron chi connectivity index (χ3n) is 6.65. The number of nitrogens with one attached hydrogen (secondary N) is 1.